The second-order valence-corrected chi connectivity index (χ2v) is 4.72. The number of anilines is 1. The fraction of sp³-hybridized carbons (Fsp3) is 0.250. The van der Waals surface area contributed by atoms with E-state index in [-0.39, 0.29) is 0 Å². The summed E-state index contributed by atoms with van der Waals surface area (Å²) in [6.07, 6.45) is 3.25. The molecule has 0 aliphatic heterocycles. The minimum Gasteiger partial charge on any atom is -0.383 e. The zero-order valence-electron chi connectivity index (χ0n) is 9.52. The summed E-state index contributed by atoms with van der Waals surface area (Å²) in [7, 11) is 0. The van der Waals surface area contributed by atoms with E-state index in [4.69, 9.17) is 5.73 Å². The SMILES string of the molecule is CCc1nc(Cc2ccccn2)nc(N)c1I. The Kier molecular flexibility index (Phi) is 3.88. The molecule has 0 spiro atoms. The molecule has 0 aliphatic carbocycles. The highest BCUT2D eigenvalue weighted by Gasteiger charge is 2.09. The molecule has 0 saturated carbocycles. The van der Waals surface area contributed by atoms with Crippen LogP contribution in [-0.4, -0.2) is 15.0 Å². The summed E-state index contributed by atoms with van der Waals surface area (Å²) in [6, 6.07) is 5.81. The highest BCUT2D eigenvalue weighted by molar-refractivity contribution is 14.1. The lowest BCUT2D eigenvalue weighted by Gasteiger charge is -2.07. The number of nitrogens with two attached hydrogens (primary N) is 1. The van der Waals surface area contributed by atoms with Gasteiger partial charge in [-0.15, -0.1) is 0 Å². The molecule has 88 valence electrons. The van der Waals surface area contributed by atoms with E-state index in [1.807, 2.05) is 18.2 Å². The average Bonchev–Trinajstić information content (AvgIpc) is 2.35. The van der Waals surface area contributed by atoms with Crippen LogP contribution in [0.3, 0.4) is 0 Å². The van der Waals surface area contributed by atoms with Gasteiger partial charge >= 0.3 is 0 Å². The fourth-order valence-corrected chi connectivity index (χ4v) is 2.17. The second-order valence-electron chi connectivity index (χ2n) is 3.64. The van der Waals surface area contributed by atoms with Gasteiger partial charge in [0.15, 0.2) is 0 Å². The Hall–Kier alpha value is -1.24. The highest BCUT2D eigenvalue weighted by atomic mass is 127. The molecule has 0 fully saturated rings. The molecule has 0 aliphatic rings. The van der Waals surface area contributed by atoms with Gasteiger partial charge in [0.05, 0.1) is 15.7 Å². The Labute approximate surface area is 114 Å². The van der Waals surface area contributed by atoms with Gasteiger partial charge in [0.1, 0.15) is 11.6 Å². The van der Waals surface area contributed by atoms with Crippen LogP contribution in [-0.2, 0) is 12.8 Å². The number of rotatable bonds is 3. The van der Waals surface area contributed by atoms with Gasteiger partial charge in [-0.05, 0) is 41.1 Å². The molecule has 2 heterocycles. The van der Waals surface area contributed by atoms with Crippen LogP contribution in [0.2, 0.25) is 0 Å². The second kappa shape index (κ2) is 5.39. The number of nitrogen functional groups attached to an aromatic ring is 1. The van der Waals surface area contributed by atoms with Crippen LogP contribution in [0.15, 0.2) is 24.4 Å². The summed E-state index contributed by atoms with van der Waals surface area (Å²) in [6.45, 7) is 2.06. The van der Waals surface area contributed by atoms with Crippen molar-refractivity contribution >= 4 is 28.4 Å². The van der Waals surface area contributed by atoms with Crippen LogP contribution in [0, 0.1) is 3.57 Å². The van der Waals surface area contributed by atoms with Crippen LogP contribution < -0.4 is 5.73 Å². The number of halogens is 1. The first kappa shape index (κ1) is 12.2. The number of nitrogens with zero attached hydrogens (tertiary/aromatic N) is 3. The predicted molar refractivity (Wildman–Crippen MR) is 75.6 cm³/mol. The van der Waals surface area contributed by atoms with Crippen molar-refractivity contribution in [2.75, 3.05) is 5.73 Å². The third-order valence-corrected chi connectivity index (χ3v) is 3.57. The normalized spacial score (nSPS) is 10.5. The lowest BCUT2D eigenvalue weighted by molar-refractivity contribution is 0.885. The van der Waals surface area contributed by atoms with Crippen molar-refractivity contribution in [1.29, 1.82) is 0 Å². The molecule has 0 saturated heterocycles. The van der Waals surface area contributed by atoms with Crippen molar-refractivity contribution in [3.8, 4) is 0 Å². The third kappa shape index (κ3) is 2.91. The van der Waals surface area contributed by atoms with Crippen LogP contribution in [0.1, 0.15) is 24.1 Å². The lowest BCUT2D eigenvalue weighted by atomic mass is 10.2. The summed E-state index contributed by atoms with van der Waals surface area (Å²) >= 11 is 2.19. The monoisotopic (exact) mass is 340 g/mol. The molecular formula is C12H13IN4. The summed E-state index contributed by atoms with van der Waals surface area (Å²) in [5, 5.41) is 0. The van der Waals surface area contributed by atoms with E-state index < -0.39 is 0 Å². The molecule has 0 atom stereocenters. The maximum absolute atomic E-state index is 5.87. The number of pyridine rings is 1. The van der Waals surface area contributed by atoms with Gasteiger partial charge in [0.25, 0.3) is 0 Å². The van der Waals surface area contributed by atoms with Crippen LogP contribution >= 0.6 is 22.6 Å². The average molecular weight is 340 g/mol. The van der Waals surface area contributed by atoms with Gasteiger partial charge in [-0.25, -0.2) is 9.97 Å². The summed E-state index contributed by atoms with van der Waals surface area (Å²) in [5.74, 6) is 1.29. The molecule has 2 aromatic heterocycles. The molecule has 2 aromatic rings. The van der Waals surface area contributed by atoms with Crippen molar-refractivity contribution in [1.82, 2.24) is 15.0 Å². The molecule has 17 heavy (non-hydrogen) atoms. The van der Waals surface area contributed by atoms with Gasteiger partial charge in [-0.2, -0.15) is 0 Å². The van der Waals surface area contributed by atoms with Crippen molar-refractivity contribution in [2.45, 2.75) is 19.8 Å². The Bertz CT molecular complexity index is 513. The first-order valence-corrected chi connectivity index (χ1v) is 6.49. The zero-order chi connectivity index (χ0) is 12.3. The number of aryl methyl sites for hydroxylation is 1. The Morgan fingerprint density at radius 2 is 2.12 bits per heavy atom. The molecule has 0 radical (unpaired) electrons. The minimum absolute atomic E-state index is 0.559. The first-order valence-electron chi connectivity index (χ1n) is 5.41. The summed E-state index contributed by atoms with van der Waals surface area (Å²) in [4.78, 5) is 13.1. The number of aromatic nitrogens is 3. The molecule has 5 heteroatoms. The Morgan fingerprint density at radius 3 is 2.76 bits per heavy atom. The maximum atomic E-state index is 5.87. The van der Waals surface area contributed by atoms with Crippen LogP contribution in [0.25, 0.3) is 0 Å². The van der Waals surface area contributed by atoms with E-state index in [1.165, 1.54) is 0 Å². The van der Waals surface area contributed by atoms with E-state index >= 15 is 0 Å². The first-order chi connectivity index (χ1) is 8.20. The molecule has 0 aromatic carbocycles. The molecular weight excluding hydrogens is 327 g/mol. The maximum Gasteiger partial charge on any atom is 0.140 e. The molecule has 0 unspecified atom stereocenters. The van der Waals surface area contributed by atoms with E-state index in [9.17, 15) is 0 Å². The minimum atomic E-state index is 0.559. The quantitative estimate of drug-likeness (QED) is 0.871. The van der Waals surface area contributed by atoms with Gasteiger partial charge < -0.3 is 5.73 Å². The summed E-state index contributed by atoms with van der Waals surface area (Å²) < 4.78 is 0.954. The van der Waals surface area contributed by atoms with Crippen molar-refractivity contribution < 1.29 is 0 Å². The van der Waals surface area contributed by atoms with Gasteiger partial charge in [0, 0.05) is 11.9 Å². The third-order valence-electron chi connectivity index (χ3n) is 2.39. The van der Waals surface area contributed by atoms with Crippen LogP contribution in [0.4, 0.5) is 5.82 Å². The Morgan fingerprint density at radius 1 is 1.29 bits per heavy atom. The van der Waals surface area contributed by atoms with E-state index in [1.54, 1.807) is 6.20 Å². The summed E-state index contributed by atoms with van der Waals surface area (Å²) in [5.41, 5.74) is 7.83. The topological polar surface area (TPSA) is 64.7 Å². The molecule has 2 N–H and O–H groups in total. The van der Waals surface area contributed by atoms with Gasteiger partial charge in [0.2, 0.25) is 0 Å². The van der Waals surface area contributed by atoms with Crippen molar-refractivity contribution in [2.24, 2.45) is 0 Å². The molecule has 2 rings (SSSR count). The van der Waals surface area contributed by atoms with Crippen molar-refractivity contribution in [3.05, 3.63) is 45.2 Å². The smallest absolute Gasteiger partial charge is 0.140 e. The van der Waals surface area contributed by atoms with E-state index in [2.05, 4.69) is 44.5 Å². The highest BCUT2D eigenvalue weighted by Crippen LogP contribution is 2.17. The molecule has 0 amide bonds. The lowest BCUT2D eigenvalue weighted by Crippen LogP contribution is -2.07. The van der Waals surface area contributed by atoms with Gasteiger partial charge in [-0.3, -0.25) is 4.98 Å². The molecule has 4 nitrogen and oxygen atoms in total. The van der Waals surface area contributed by atoms with Gasteiger partial charge in [-0.1, -0.05) is 13.0 Å². The largest absolute Gasteiger partial charge is 0.383 e. The van der Waals surface area contributed by atoms with Crippen LogP contribution in [0.5, 0.6) is 0 Å². The standard InChI is InChI=1S/C12H13IN4/c1-2-9-11(13)12(14)17-10(16-9)7-8-5-3-4-6-15-8/h3-6H,2,7H2,1H3,(H2,14,16,17). The number of hydrogen-bond donors (Lipinski definition) is 1. The zero-order valence-corrected chi connectivity index (χ0v) is 11.7. The Balaban J connectivity index is 2.31. The fourth-order valence-electron chi connectivity index (χ4n) is 1.54. The number of hydrogen-bond acceptors (Lipinski definition) is 4. The molecule has 0 bridgehead atoms. The van der Waals surface area contributed by atoms with Crippen molar-refractivity contribution in [3.63, 3.8) is 0 Å². The van der Waals surface area contributed by atoms with E-state index in [0.717, 1.165) is 27.2 Å². The van der Waals surface area contributed by atoms with E-state index in [0.29, 0.717) is 12.2 Å². The predicted octanol–water partition coefficient (Wildman–Crippen LogP) is 2.21.